The van der Waals surface area contributed by atoms with Crippen molar-refractivity contribution >= 4 is 38.5 Å². The molecule has 14 heteroatoms. The van der Waals surface area contributed by atoms with Gasteiger partial charge in [-0.1, -0.05) is 0 Å². The Kier molecular flexibility index (Phi) is 3.94. The largest absolute Gasteiger partial charge is 0.365 e. The molecule has 0 bridgehead atoms. The summed E-state index contributed by atoms with van der Waals surface area (Å²) in [5.74, 6) is -1.56. The van der Waals surface area contributed by atoms with Crippen LogP contribution in [-0.2, 0) is 30.2 Å². The molecule has 2 aliphatic rings. The summed E-state index contributed by atoms with van der Waals surface area (Å²) < 4.78 is 63.2. The van der Waals surface area contributed by atoms with Crippen molar-refractivity contribution in [1.29, 1.82) is 0 Å². The molecule has 0 unspecified atom stereocenters. The molecule has 2 amide bonds. The second-order valence-electron chi connectivity index (χ2n) is 5.37. The maximum Gasteiger partial charge on any atom is 0.365 e. The number of hydrogen-bond donors (Lipinski definition) is 2. The number of carbonyl (C=O) groups is 2. The summed E-state index contributed by atoms with van der Waals surface area (Å²) in [6, 6.07) is -1.81. The summed E-state index contributed by atoms with van der Waals surface area (Å²) in [5.41, 5.74) is -0.0916. The van der Waals surface area contributed by atoms with Gasteiger partial charge in [-0.2, -0.15) is 16.8 Å². The molecule has 2 atom stereocenters. The van der Waals surface area contributed by atoms with Crippen molar-refractivity contribution in [2.75, 3.05) is 6.54 Å². The van der Waals surface area contributed by atoms with E-state index >= 15 is 0 Å². The number of amides is 2. The van der Waals surface area contributed by atoms with E-state index in [-0.39, 0.29) is 18.7 Å². The summed E-state index contributed by atoms with van der Waals surface area (Å²) in [7, 11) is -9.24. The first kappa shape index (κ1) is 17.5. The lowest BCUT2D eigenvalue weighted by atomic mass is 10.0. The monoisotopic (exact) mass is 392 g/mol. The lowest BCUT2D eigenvalue weighted by Gasteiger charge is -2.42. The van der Waals surface area contributed by atoms with Crippen LogP contribution in [0.3, 0.4) is 0 Å². The molecular weight excluding hydrogens is 380 g/mol. The fourth-order valence-electron chi connectivity index (χ4n) is 2.92. The van der Waals surface area contributed by atoms with Gasteiger partial charge in [0.05, 0.1) is 17.9 Å². The minimum absolute atomic E-state index is 0.0911. The number of fused-ring (bicyclic) bond motifs is 1. The van der Waals surface area contributed by atoms with Gasteiger partial charge in [0, 0.05) is 12.6 Å². The fraction of sp³-hybridized carbons (Fsp3) is 0.364. The third kappa shape index (κ3) is 2.92. The van der Waals surface area contributed by atoms with Gasteiger partial charge in [-0.25, -0.2) is 13.3 Å². The molecule has 0 spiro atoms. The van der Waals surface area contributed by atoms with E-state index in [1.807, 2.05) is 0 Å². The number of rotatable bonds is 4. The number of imidazole rings is 1. The van der Waals surface area contributed by atoms with Crippen LogP contribution in [0.5, 0.6) is 0 Å². The molecule has 1 aromatic heterocycles. The van der Waals surface area contributed by atoms with Crippen molar-refractivity contribution in [2.24, 2.45) is 0 Å². The van der Waals surface area contributed by atoms with Gasteiger partial charge in [0.1, 0.15) is 12.4 Å². The van der Waals surface area contributed by atoms with Crippen LogP contribution in [-0.4, -0.2) is 74.5 Å². The Morgan fingerprint density at radius 2 is 1.92 bits per heavy atom. The van der Waals surface area contributed by atoms with E-state index in [9.17, 15) is 26.4 Å². The van der Waals surface area contributed by atoms with Crippen LogP contribution in [0.4, 0.5) is 0 Å². The van der Waals surface area contributed by atoms with Crippen LogP contribution in [0.15, 0.2) is 18.6 Å². The highest BCUT2D eigenvalue weighted by Gasteiger charge is 2.59. The van der Waals surface area contributed by atoms with E-state index < -0.39 is 44.5 Å². The standard InChI is InChI=1S/C11H12N4O8S2/c16-9(2-1-7-5-12-6-14(7)24(18,19)20)13-4-3-8-10(13)11(17)15(8)25(21,22)23/h1-2,5-6,8,10H,3-4H2,(H,18,19,20)(H,21,22,23)/b2-1+/t8-,10+/m1/s1. The predicted octanol–water partition coefficient (Wildman–Crippen LogP) is -1.84. The predicted molar refractivity (Wildman–Crippen MR) is 80.5 cm³/mol. The maximum absolute atomic E-state index is 12.2. The Bertz CT molecular complexity index is 979. The van der Waals surface area contributed by atoms with E-state index in [0.29, 0.717) is 8.28 Å². The summed E-state index contributed by atoms with van der Waals surface area (Å²) in [6.45, 7) is 0.0911. The molecule has 2 saturated heterocycles. The van der Waals surface area contributed by atoms with Crippen molar-refractivity contribution in [1.82, 2.24) is 18.2 Å². The zero-order chi connectivity index (χ0) is 18.6. The Morgan fingerprint density at radius 1 is 1.24 bits per heavy atom. The minimum atomic E-state index is -4.67. The van der Waals surface area contributed by atoms with Crippen molar-refractivity contribution in [3.8, 4) is 0 Å². The van der Waals surface area contributed by atoms with Gasteiger partial charge in [0.15, 0.2) is 0 Å². The highest BCUT2D eigenvalue weighted by molar-refractivity contribution is 7.84. The molecule has 25 heavy (non-hydrogen) atoms. The van der Waals surface area contributed by atoms with Gasteiger partial charge < -0.3 is 4.90 Å². The van der Waals surface area contributed by atoms with E-state index in [1.54, 1.807) is 0 Å². The van der Waals surface area contributed by atoms with Crippen molar-refractivity contribution in [3.05, 3.63) is 24.3 Å². The quantitative estimate of drug-likeness (QED) is 0.340. The van der Waals surface area contributed by atoms with E-state index in [4.69, 9.17) is 9.11 Å². The number of likely N-dealkylation sites (tertiary alicyclic amines) is 1. The maximum atomic E-state index is 12.2. The van der Waals surface area contributed by atoms with Crippen molar-refractivity contribution in [2.45, 2.75) is 18.5 Å². The number of carbonyl (C=O) groups excluding carboxylic acids is 2. The highest BCUT2D eigenvalue weighted by atomic mass is 32.2. The second-order valence-corrected chi connectivity index (χ2v) is 7.95. The molecule has 2 N–H and O–H groups in total. The Labute approximate surface area is 142 Å². The summed E-state index contributed by atoms with van der Waals surface area (Å²) in [5, 5.41) is 0. The van der Waals surface area contributed by atoms with Crippen LogP contribution in [0, 0.1) is 0 Å². The minimum Gasteiger partial charge on any atom is -0.325 e. The third-order valence-corrected chi connectivity index (χ3v) is 5.70. The van der Waals surface area contributed by atoms with Gasteiger partial charge in [0.2, 0.25) is 5.91 Å². The molecule has 12 nitrogen and oxygen atoms in total. The van der Waals surface area contributed by atoms with E-state index in [0.717, 1.165) is 29.6 Å². The average molecular weight is 392 g/mol. The normalized spacial score (nSPS) is 23.8. The molecule has 3 rings (SSSR count). The van der Waals surface area contributed by atoms with Gasteiger partial charge in [0.25, 0.3) is 5.91 Å². The average Bonchev–Trinajstić information content (AvgIpc) is 3.06. The molecule has 0 aliphatic carbocycles. The fourth-order valence-corrected chi connectivity index (χ4v) is 4.36. The third-order valence-electron chi connectivity index (χ3n) is 3.95. The van der Waals surface area contributed by atoms with Gasteiger partial charge in [-0.05, 0) is 12.5 Å². The summed E-state index contributed by atoms with van der Waals surface area (Å²) >= 11 is 0. The van der Waals surface area contributed by atoms with Crippen LogP contribution < -0.4 is 0 Å². The molecule has 0 aromatic carbocycles. The van der Waals surface area contributed by atoms with Gasteiger partial charge in [-0.3, -0.25) is 18.7 Å². The first-order valence-corrected chi connectivity index (χ1v) is 9.61. The first-order chi connectivity index (χ1) is 11.5. The molecule has 3 heterocycles. The number of nitrogens with zero attached hydrogens (tertiary/aromatic N) is 4. The molecular formula is C11H12N4O8S2. The lowest BCUT2D eigenvalue weighted by Crippen LogP contribution is -2.68. The van der Waals surface area contributed by atoms with E-state index in [1.165, 1.54) is 0 Å². The molecule has 2 fully saturated rings. The highest BCUT2D eigenvalue weighted by Crippen LogP contribution is 2.35. The Hall–Kier alpha value is -2.29. The summed E-state index contributed by atoms with van der Waals surface area (Å²) in [4.78, 5) is 28.7. The van der Waals surface area contributed by atoms with Gasteiger partial charge >= 0.3 is 20.6 Å². The molecule has 1 aromatic rings. The SMILES string of the molecule is O=C(/C=C/c1cncn1S(=O)(=O)O)N1CC[C@@H]2[C@H]1C(=O)N2S(=O)(=O)O. The van der Waals surface area contributed by atoms with Crippen LogP contribution in [0.2, 0.25) is 0 Å². The molecule has 0 saturated carbocycles. The number of hydrogen-bond acceptors (Lipinski definition) is 7. The van der Waals surface area contributed by atoms with Crippen molar-refractivity contribution < 1.29 is 35.5 Å². The van der Waals surface area contributed by atoms with E-state index in [2.05, 4.69) is 4.98 Å². The van der Waals surface area contributed by atoms with Crippen LogP contribution in [0.25, 0.3) is 6.08 Å². The number of aromatic nitrogens is 2. The molecule has 0 radical (unpaired) electrons. The second kappa shape index (κ2) is 5.62. The topological polar surface area (TPSA) is 167 Å². The molecule has 2 aliphatic heterocycles. The van der Waals surface area contributed by atoms with Gasteiger partial charge in [-0.15, -0.1) is 0 Å². The van der Waals surface area contributed by atoms with Crippen LogP contribution >= 0.6 is 0 Å². The van der Waals surface area contributed by atoms with Crippen molar-refractivity contribution in [3.63, 3.8) is 0 Å². The zero-order valence-electron chi connectivity index (χ0n) is 12.3. The molecule has 136 valence electrons. The Balaban J connectivity index is 1.76. The van der Waals surface area contributed by atoms with Crippen LogP contribution in [0.1, 0.15) is 12.1 Å². The smallest absolute Gasteiger partial charge is 0.325 e. The first-order valence-electron chi connectivity index (χ1n) is 6.81. The number of β-lactam (4-membered cyclic amide) rings is 1. The Morgan fingerprint density at radius 3 is 2.52 bits per heavy atom. The summed E-state index contributed by atoms with van der Waals surface area (Å²) in [6.07, 6.45) is 4.17. The zero-order valence-corrected chi connectivity index (χ0v) is 14.0. The lowest BCUT2D eigenvalue weighted by molar-refractivity contribution is -0.149.